The molecule has 2 N–H and O–H groups in total. The van der Waals surface area contributed by atoms with E-state index in [0.29, 0.717) is 5.95 Å². The van der Waals surface area contributed by atoms with Gasteiger partial charge in [0.15, 0.2) is 0 Å². The first-order chi connectivity index (χ1) is 10.2. The lowest BCUT2D eigenvalue weighted by Crippen LogP contribution is -2.22. The van der Waals surface area contributed by atoms with Gasteiger partial charge in [-0.3, -0.25) is 0 Å². The summed E-state index contributed by atoms with van der Waals surface area (Å²) in [6.45, 7) is 2.08. The van der Waals surface area contributed by atoms with E-state index in [9.17, 15) is 0 Å². The third-order valence-corrected chi connectivity index (χ3v) is 3.46. The fourth-order valence-electron chi connectivity index (χ4n) is 2.09. The van der Waals surface area contributed by atoms with Crippen LogP contribution in [-0.4, -0.2) is 30.2 Å². The summed E-state index contributed by atoms with van der Waals surface area (Å²) in [7, 11) is 3.58. The lowest BCUT2D eigenvalue weighted by Gasteiger charge is -2.19. The van der Waals surface area contributed by atoms with Gasteiger partial charge >= 0.3 is 0 Å². The Morgan fingerprint density at radius 1 is 1.24 bits per heavy atom. The van der Waals surface area contributed by atoms with Gasteiger partial charge < -0.3 is 15.4 Å². The van der Waals surface area contributed by atoms with Gasteiger partial charge in [0.05, 0.1) is 12.8 Å². The lowest BCUT2D eigenvalue weighted by atomic mass is 10.1. The predicted molar refractivity (Wildman–Crippen MR) is 85.1 cm³/mol. The Balaban J connectivity index is 2.18. The van der Waals surface area contributed by atoms with Crippen molar-refractivity contribution in [3.8, 4) is 5.75 Å². The molecule has 0 radical (unpaired) electrons. The molecule has 21 heavy (non-hydrogen) atoms. The number of benzene rings is 1. The standard InChI is InChI=1S/C16H22N4O/c1-4-13(17)9-12-10-18-16(19-11-12)20(2)14-7-5-6-8-15(14)21-3/h5-8,10-11,13H,4,9,17H2,1-3H3. The van der Waals surface area contributed by atoms with Crippen LogP contribution in [0.15, 0.2) is 36.7 Å². The van der Waals surface area contributed by atoms with Crippen LogP contribution in [0.2, 0.25) is 0 Å². The average molecular weight is 286 g/mol. The largest absolute Gasteiger partial charge is 0.495 e. The molecule has 5 heteroatoms. The second-order valence-corrected chi connectivity index (χ2v) is 4.99. The van der Waals surface area contributed by atoms with Gasteiger partial charge in [-0.15, -0.1) is 0 Å². The first-order valence-corrected chi connectivity index (χ1v) is 7.09. The zero-order chi connectivity index (χ0) is 15.2. The summed E-state index contributed by atoms with van der Waals surface area (Å²) < 4.78 is 5.37. The number of aromatic nitrogens is 2. The molecule has 1 unspecified atom stereocenters. The SMILES string of the molecule is CCC(N)Cc1cnc(N(C)c2ccccc2OC)nc1. The monoisotopic (exact) mass is 286 g/mol. The van der Waals surface area contributed by atoms with Gasteiger partial charge in [-0.05, 0) is 30.5 Å². The molecule has 2 aromatic rings. The van der Waals surface area contributed by atoms with Crippen LogP contribution in [0.25, 0.3) is 0 Å². The van der Waals surface area contributed by atoms with E-state index in [1.807, 2.05) is 48.6 Å². The van der Waals surface area contributed by atoms with Crippen molar-refractivity contribution in [1.82, 2.24) is 9.97 Å². The number of anilines is 2. The average Bonchev–Trinajstić information content (AvgIpc) is 2.54. The maximum atomic E-state index is 5.95. The highest BCUT2D eigenvalue weighted by Gasteiger charge is 2.12. The summed E-state index contributed by atoms with van der Waals surface area (Å²) >= 11 is 0. The minimum absolute atomic E-state index is 0.159. The minimum atomic E-state index is 0.159. The Labute approximate surface area is 125 Å². The molecular formula is C16H22N4O. The van der Waals surface area contributed by atoms with E-state index in [0.717, 1.165) is 29.8 Å². The Kier molecular flexibility index (Phi) is 5.11. The Bertz CT molecular complexity index is 571. The van der Waals surface area contributed by atoms with E-state index in [-0.39, 0.29) is 6.04 Å². The van der Waals surface area contributed by atoms with E-state index in [1.165, 1.54) is 0 Å². The van der Waals surface area contributed by atoms with Crippen molar-refractivity contribution in [3.05, 3.63) is 42.2 Å². The molecule has 1 aromatic heterocycles. The van der Waals surface area contributed by atoms with Crippen LogP contribution >= 0.6 is 0 Å². The van der Waals surface area contributed by atoms with Crippen LogP contribution in [0, 0.1) is 0 Å². The van der Waals surface area contributed by atoms with E-state index >= 15 is 0 Å². The minimum Gasteiger partial charge on any atom is -0.495 e. The van der Waals surface area contributed by atoms with Gasteiger partial charge in [-0.2, -0.15) is 0 Å². The molecule has 0 fully saturated rings. The topological polar surface area (TPSA) is 64.3 Å². The summed E-state index contributed by atoms with van der Waals surface area (Å²) in [6, 6.07) is 7.95. The number of hydrogen-bond donors (Lipinski definition) is 1. The first-order valence-electron chi connectivity index (χ1n) is 7.09. The smallest absolute Gasteiger partial charge is 0.229 e. The van der Waals surface area contributed by atoms with Crippen molar-refractivity contribution in [2.75, 3.05) is 19.1 Å². The number of hydrogen-bond acceptors (Lipinski definition) is 5. The molecule has 1 aromatic carbocycles. The van der Waals surface area contributed by atoms with Gasteiger partial charge in [-0.25, -0.2) is 9.97 Å². The number of ether oxygens (including phenoxy) is 1. The number of para-hydroxylation sites is 2. The molecule has 0 aliphatic rings. The van der Waals surface area contributed by atoms with Gasteiger partial charge in [0.1, 0.15) is 5.75 Å². The Morgan fingerprint density at radius 2 is 1.90 bits per heavy atom. The number of rotatable bonds is 6. The van der Waals surface area contributed by atoms with Crippen molar-refractivity contribution < 1.29 is 4.74 Å². The summed E-state index contributed by atoms with van der Waals surface area (Å²) in [5.74, 6) is 1.43. The normalized spacial score (nSPS) is 12.0. The van der Waals surface area contributed by atoms with Crippen LogP contribution in [0.3, 0.4) is 0 Å². The van der Waals surface area contributed by atoms with Crippen molar-refractivity contribution in [1.29, 1.82) is 0 Å². The second-order valence-electron chi connectivity index (χ2n) is 4.99. The fraction of sp³-hybridized carbons (Fsp3) is 0.375. The maximum absolute atomic E-state index is 5.95. The van der Waals surface area contributed by atoms with Gasteiger partial charge in [-0.1, -0.05) is 19.1 Å². The summed E-state index contributed by atoms with van der Waals surface area (Å²) in [4.78, 5) is 10.7. The molecular weight excluding hydrogens is 264 g/mol. The highest BCUT2D eigenvalue weighted by molar-refractivity contribution is 5.64. The Morgan fingerprint density at radius 3 is 2.52 bits per heavy atom. The molecule has 0 aliphatic carbocycles. The van der Waals surface area contributed by atoms with Crippen LogP contribution < -0.4 is 15.4 Å². The van der Waals surface area contributed by atoms with Crippen LogP contribution in [0.1, 0.15) is 18.9 Å². The molecule has 0 saturated carbocycles. The van der Waals surface area contributed by atoms with E-state index in [4.69, 9.17) is 10.5 Å². The molecule has 0 spiro atoms. The number of methoxy groups -OCH3 is 1. The Hall–Kier alpha value is -2.14. The second kappa shape index (κ2) is 7.04. The summed E-state index contributed by atoms with van der Waals surface area (Å²) in [5, 5.41) is 0. The molecule has 1 heterocycles. The zero-order valence-electron chi connectivity index (χ0n) is 12.8. The van der Waals surface area contributed by atoms with Gasteiger partial charge in [0.2, 0.25) is 5.95 Å². The third kappa shape index (κ3) is 3.70. The van der Waals surface area contributed by atoms with Crippen molar-refractivity contribution in [3.63, 3.8) is 0 Å². The van der Waals surface area contributed by atoms with Crippen molar-refractivity contribution >= 4 is 11.6 Å². The van der Waals surface area contributed by atoms with E-state index in [1.54, 1.807) is 7.11 Å². The molecule has 1 atom stereocenters. The quantitative estimate of drug-likeness (QED) is 0.884. The van der Waals surface area contributed by atoms with E-state index < -0.39 is 0 Å². The molecule has 112 valence electrons. The summed E-state index contributed by atoms with van der Waals surface area (Å²) in [5.41, 5.74) is 7.93. The van der Waals surface area contributed by atoms with Crippen LogP contribution in [0.5, 0.6) is 5.75 Å². The fourth-order valence-corrected chi connectivity index (χ4v) is 2.09. The highest BCUT2D eigenvalue weighted by atomic mass is 16.5. The van der Waals surface area contributed by atoms with Crippen LogP contribution in [0.4, 0.5) is 11.6 Å². The molecule has 2 rings (SSSR count). The predicted octanol–water partition coefficient (Wildman–Crippen LogP) is 2.53. The molecule has 0 aliphatic heterocycles. The number of nitrogens with zero attached hydrogens (tertiary/aromatic N) is 3. The molecule has 0 bridgehead atoms. The van der Waals surface area contributed by atoms with Crippen molar-refractivity contribution in [2.45, 2.75) is 25.8 Å². The molecule has 5 nitrogen and oxygen atoms in total. The van der Waals surface area contributed by atoms with Gasteiger partial charge in [0, 0.05) is 25.5 Å². The van der Waals surface area contributed by atoms with Crippen molar-refractivity contribution in [2.24, 2.45) is 5.73 Å². The van der Waals surface area contributed by atoms with E-state index in [2.05, 4.69) is 16.9 Å². The number of nitrogens with two attached hydrogens (primary N) is 1. The highest BCUT2D eigenvalue weighted by Crippen LogP contribution is 2.30. The first kappa shape index (κ1) is 15.3. The zero-order valence-corrected chi connectivity index (χ0v) is 12.8. The lowest BCUT2D eigenvalue weighted by molar-refractivity contribution is 0.415. The van der Waals surface area contributed by atoms with Crippen LogP contribution in [-0.2, 0) is 6.42 Å². The maximum Gasteiger partial charge on any atom is 0.229 e. The molecule has 0 saturated heterocycles. The third-order valence-electron chi connectivity index (χ3n) is 3.46. The van der Waals surface area contributed by atoms with Gasteiger partial charge in [0.25, 0.3) is 0 Å². The summed E-state index contributed by atoms with van der Waals surface area (Å²) in [6.07, 6.45) is 5.42. The molecule has 0 amide bonds.